The Morgan fingerprint density at radius 3 is 3.07 bits per heavy atom. The average molecular weight is 210 g/mol. The standard InChI is InChI=1S/C10H18N4O/c1-9(2)7-15-5-4-11-6-10-13-12-8-14(10)3/h8,11H,1,4-7H2,2-3H3. The molecule has 1 heterocycles. The lowest BCUT2D eigenvalue weighted by Gasteiger charge is -2.05. The molecule has 5 nitrogen and oxygen atoms in total. The number of aromatic nitrogens is 3. The number of aryl methyl sites for hydroxylation is 1. The Bertz CT molecular complexity index is 308. The molecule has 1 aromatic heterocycles. The van der Waals surface area contributed by atoms with Gasteiger partial charge in [0.05, 0.1) is 19.8 Å². The van der Waals surface area contributed by atoms with Gasteiger partial charge in [0.1, 0.15) is 12.2 Å². The van der Waals surface area contributed by atoms with E-state index in [1.54, 1.807) is 6.33 Å². The van der Waals surface area contributed by atoms with Crippen LogP contribution >= 0.6 is 0 Å². The van der Waals surface area contributed by atoms with Crippen molar-refractivity contribution in [3.8, 4) is 0 Å². The van der Waals surface area contributed by atoms with Crippen molar-refractivity contribution >= 4 is 0 Å². The molecule has 84 valence electrons. The summed E-state index contributed by atoms with van der Waals surface area (Å²) >= 11 is 0. The lowest BCUT2D eigenvalue weighted by atomic mass is 10.4. The molecule has 0 bridgehead atoms. The smallest absolute Gasteiger partial charge is 0.146 e. The van der Waals surface area contributed by atoms with E-state index in [4.69, 9.17) is 4.74 Å². The quantitative estimate of drug-likeness (QED) is 0.526. The van der Waals surface area contributed by atoms with Gasteiger partial charge in [-0.3, -0.25) is 0 Å². The summed E-state index contributed by atoms with van der Waals surface area (Å²) in [6, 6.07) is 0. The Kier molecular flexibility index (Phi) is 5.00. The molecule has 0 radical (unpaired) electrons. The van der Waals surface area contributed by atoms with Crippen molar-refractivity contribution in [3.63, 3.8) is 0 Å². The fourth-order valence-corrected chi connectivity index (χ4v) is 1.06. The van der Waals surface area contributed by atoms with Gasteiger partial charge in [-0.2, -0.15) is 0 Å². The van der Waals surface area contributed by atoms with E-state index in [-0.39, 0.29) is 0 Å². The lowest BCUT2D eigenvalue weighted by molar-refractivity contribution is 0.157. The Balaban J connectivity index is 2.03. The van der Waals surface area contributed by atoms with E-state index in [1.807, 2.05) is 18.5 Å². The molecule has 0 spiro atoms. The summed E-state index contributed by atoms with van der Waals surface area (Å²) in [6.45, 7) is 8.55. The summed E-state index contributed by atoms with van der Waals surface area (Å²) in [5.74, 6) is 0.926. The third-order valence-electron chi connectivity index (χ3n) is 1.86. The van der Waals surface area contributed by atoms with Gasteiger partial charge < -0.3 is 14.6 Å². The highest BCUT2D eigenvalue weighted by molar-refractivity contribution is 4.87. The van der Waals surface area contributed by atoms with Crippen molar-refractivity contribution in [2.45, 2.75) is 13.5 Å². The molecule has 1 aromatic rings. The maximum Gasteiger partial charge on any atom is 0.146 e. The minimum absolute atomic E-state index is 0.631. The van der Waals surface area contributed by atoms with Gasteiger partial charge in [0.15, 0.2) is 0 Å². The van der Waals surface area contributed by atoms with Crippen molar-refractivity contribution < 1.29 is 4.74 Å². The minimum atomic E-state index is 0.631. The van der Waals surface area contributed by atoms with Crippen LogP contribution in [0.1, 0.15) is 12.7 Å². The second-order valence-corrected chi connectivity index (χ2v) is 3.54. The topological polar surface area (TPSA) is 52.0 Å². The van der Waals surface area contributed by atoms with Crippen molar-refractivity contribution in [1.29, 1.82) is 0 Å². The molecule has 5 heteroatoms. The van der Waals surface area contributed by atoms with E-state index in [1.165, 1.54) is 0 Å². The van der Waals surface area contributed by atoms with E-state index in [2.05, 4.69) is 22.1 Å². The number of nitrogens with zero attached hydrogens (tertiary/aromatic N) is 3. The highest BCUT2D eigenvalue weighted by atomic mass is 16.5. The number of ether oxygens (including phenoxy) is 1. The first-order valence-electron chi connectivity index (χ1n) is 4.96. The Labute approximate surface area is 90.2 Å². The van der Waals surface area contributed by atoms with Crippen LogP contribution in [0, 0.1) is 0 Å². The second-order valence-electron chi connectivity index (χ2n) is 3.54. The number of nitrogens with one attached hydrogen (secondary N) is 1. The molecule has 0 fully saturated rings. The predicted molar refractivity (Wildman–Crippen MR) is 58.3 cm³/mol. The Morgan fingerprint density at radius 2 is 2.47 bits per heavy atom. The van der Waals surface area contributed by atoms with Crippen molar-refractivity contribution in [2.75, 3.05) is 19.8 Å². The Morgan fingerprint density at radius 1 is 1.67 bits per heavy atom. The Hall–Kier alpha value is -1.20. The molecular formula is C10H18N4O. The van der Waals surface area contributed by atoms with Crippen LogP contribution in [0.4, 0.5) is 0 Å². The number of hydrogen-bond donors (Lipinski definition) is 1. The SMILES string of the molecule is C=C(C)COCCNCc1nncn1C. The van der Waals surface area contributed by atoms with Crippen LogP contribution in [-0.4, -0.2) is 34.5 Å². The van der Waals surface area contributed by atoms with Gasteiger partial charge in [-0.25, -0.2) is 0 Å². The van der Waals surface area contributed by atoms with Gasteiger partial charge in [-0.1, -0.05) is 12.2 Å². The minimum Gasteiger partial charge on any atom is -0.376 e. The maximum atomic E-state index is 5.34. The van der Waals surface area contributed by atoms with Gasteiger partial charge in [0, 0.05) is 13.6 Å². The second kappa shape index (κ2) is 6.31. The molecule has 0 aliphatic carbocycles. The third-order valence-corrected chi connectivity index (χ3v) is 1.86. The molecule has 0 aliphatic heterocycles. The van der Waals surface area contributed by atoms with Crippen LogP contribution in [-0.2, 0) is 18.3 Å². The monoisotopic (exact) mass is 210 g/mol. The zero-order valence-corrected chi connectivity index (χ0v) is 9.36. The van der Waals surface area contributed by atoms with Crippen molar-refractivity contribution in [1.82, 2.24) is 20.1 Å². The molecule has 0 aromatic carbocycles. The highest BCUT2D eigenvalue weighted by Crippen LogP contribution is 1.90. The van der Waals surface area contributed by atoms with Gasteiger partial charge in [0.25, 0.3) is 0 Å². The largest absolute Gasteiger partial charge is 0.376 e. The molecule has 1 rings (SSSR count). The molecule has 0 atom stereocenters. The summed E-state index contributed by atoms with van der Waals surface area (Å²) < 4.78 is 7.23. The van der Waals surface area contributed by atoms with Crippen molar-refractivity contribution in [3.05, 3.63) is 24.3 Å². The summed E-state index contributed by atoms with van der Waals surface area (Å²) in [4.78, 5) is 0. The van der Waals surface area contributed by atoms with Crippen LogP contribution < -0.4 is 5.32 Å². The molecule has 0 amide bonds. The molecular weight excluding hydrogens is 192 g/mol. The van der Waals surface area contributed by atoms with Gasteiger partial charge >= 0.3 is 0 Å². The maximum absolute atomic E-state index is 5.34. The molecule has 0 saturated heterocycles. The molecule has 0 aliphatic rings. The molecule has 1 N–H and O–H groups in total. The summed E-state index contributed by atoms with van der Waals surface area (Å²) in [7, 11) is 1.93. The highest BCUT2D eigenvalue weighted by Gasteiger charge is 1.98. The van der Waals surface area contributed by atoms with Gasteiger partial charge in [-0.15, -0.1) is 10.2 Å². The average Bonchev–Trinajstić information content (AvgIpc) is 2.57. The van der Waals surface area contributed by atoms with Crippen molar-refractivity contribution in [2.24, 2.45) is 7.05 Å². The van der Waals surface area contributed by atoms with Gasteiger partial charge in [0.2, 0.25) is 0 Å². The molecule has 0 saturated carbocycles. The fourth-order valence-electron chi connectivity index (χ4n) is 1.06. The van der Waals surface area contributed by atoms with E-state index in [0.717, 1.165) is 17.9 Å². The molecule has 0 unspecified atom stereocenters. The predicted octanol–water partition coefficient (Wildman–Crippen LogP) is 0.497. The van der Waals surface area contributed by atoms with E-state index >= 15 is 0 Å². The summed E-state index contributed by atoms with van der Waals surface area (Å²) in [5.41, 5.74) is 1.04. The fraction of sp³-hybridized carbons (Fsp3) is 0.600. The molecule has 15 heavy (non-hydrogen) atoms. The normalized spacial score (nSPS) is 10.5. The van der Waals surface area contributed by atoms with Crippen LogP contribution in [0.2, 0.25) is 0 Å². The first-order valence-corrected chi connectivity index (χ1v) is 4.96. The lowest BCUT2D eigenvalue weighted by Crippen LogP contribution is -2.21. The number of rotatable bonds is 7. The van der Waals surface area contributed by atoms with Crippen LogP contribution in [0.3, 0.4) is 0 Å². The van der Waals surface area contributed by atoms with Crippen LogP contribution in [0.15, 0.2) is 18.5 Å². The first-order chi connectivity index (χ1) is 7.20. The first kappa shape index (κ1) is 11.9. The number of hydrogen-bond acceptors (Lipinski definition) is 4. The summed E-state index contributed by atoms with van der Waals surface area (Å²) in [6.07, 6.45) is 1.69. The summed E-state index contributed by atoms with van der Waals surface area (Å²) in [5, 5.41) is 11.0. The third kappa shape index (κ3) is 4.71. The van der Waals surface area contributed by atoms with Crippen LogP contribution in [0.5, 0.6) is 0 Å². The van der Waals surface area contributed by atoms with Crippen LogP contribution in [0.25, 0.3) is 0 Å². The zero-order valence-electron chi connectivity index (χ0n) is 9.36. The van der Waals surface area contributed by atoms with E-state index in [9.17, 15) is 0 Å². The zero-order chi connectivity index (χ0) is 11.1. The van der Waals surface area contributed by atoms with E-state index in [0.29, 0.717) is 19.8 Å². The van der Waals surface area contributed by atoms with Gasteiger partial charge in [-0.05, 0) is 6.92 Å². The van der Waals surface area contributed by atoms with E-state index < -0.39 is 0 Å².